The fourth-order valence-corrected chi connectivity index (χ4v) is 1.82. The number of aromatic nitrogens is 2. The molecule has 0 aliphatic heterocycles. The van der Waals surface area contributed by atoms with Gasteiger partial charge in [0, 0.05) is 17.8 Å². The molecule has 0 saturated carbocycles. The molecule has 1 heterocycles. The number of rotatable bonds is 3. The molecule has 2 N–H and O–H groups in total. The van der Waals surface area contributed by atoms with E-state index >= 15 is 0 Å². The van der Waals surface area contributed by atoms with Gasteiger partial charge in [-0.15, -0.1) is 0 Å². The van der Waals surface area contributed by atoms with Crippen molar-refractivity contribution in [3.63, 3.8) is 0 Å². The van der Waals surface area contributed by atoms with Crippen molar-refractivity contribution in [1.29, 1.82) is 0 Å². The van der Waals surface area contributed by atoms with Crippen LogP contribution < -0.4 is 5.73 Å². The lowest BCUT2D eigenvalue weighted by Gasteiger charge is -2.09. The number of aryl methyl sites for hydroxylation is 1. The summed E-state index contributed by atoms with van der Waals surface area (Å²) in [6.07, 6.45) is 0.921. The first kappa shape index (κ1) is 11.2. The van der Waals surface area contributed by atoms with Crippen molar-refractivity contribution in [3.05, 3.63) is 17.0 Å². The summed E-state index contributed by atoms with van der Waals surface area (Å²) in [5, 5.41) is 4.52. The van der Waals surface area contributed by atoms with Crippen LogP contribution in [0.1, 0.15) is 43.8 Å². The fraction of sp³-hybridized carbons (Fsp3) is 0.727. The molecule has 3 nitrogen and oxygen atoms in total. The molecule has 0 radical (unpaired) electrons. The van der Waals surface area contributed by atoms with E-state index < -0.39 is 0 Å². The van der Waals surface area contributed by atoms with Gasteiger partial charge in [0.1, 0.15) is 0 Å². The molecule has 0 spiro atoms. The van der Waals surface area contributed by atoms with E-state index in [-0.39, 0.29) is 6.04 Å². The Bertz CT molecular complexity index is 311. The van der Waals surface area contributed by atoms with E-state index in [9.17, 15) is 0 Å². The largest absolute Gasteiger partial charge is 0.328 e. The summed E-state index contributed by atoms with van der Waals surface area (Å²) in [7, 11) is 0. The maximum Gasteiger partial charge on any atom is 0.0629 e. The van der Waals surface area contributed by atoms with Crippen LogP contribution in [-0.4, -0.2) is 15.8 Å². The topological polar surface area (TPSA) is 43.8 Å². The van der Waals surface area contributed by atoms with Crippen LogP contribution in [-0.2, 0) is 6.42 Å². The van der Waals surface area contributed by atoms with Gasteiger partial charge in [-0.25, -0.2) is 0 Å². The van der Waals surface area contributed by atoms with Crippen molar-refractivity contribution >= 4 is 0 Å². The molecule has 0 amide bonds. The fourth-order valence-electron chi connectivity index (χ4n) is 1.82. The normalized spacial score (nSPS) is 13.6. The van der Waals surface area contributed by atoms with Gasteiger partial charge in [0.05, 0.1) is 5.69 Å². The van der Waals surface area contributed by atoms with Gasteiger partial charge in [0.2, 0.25) is 0 Å². The smallest absolute Gasteiger partial charge is 0.0629 e. The van der Waals surface area contributed by atoms with E-state index in [2.05, 4.69) is 37.5 Å². The summed E-state index contributed by atoms with van der Waals surface area (Å²) in [5.74, 6) is 0. The second-order valence-corrected chi connectivity index (χ2v) is 4.37. The van der Waals surface area contributed by atoms with Crippen molar-refractivity contribution < 1.29 is 0 Å². The first-order chi connectivity index (χ1) is 6.43. The summed E-state index contributed by atoms with van der Waals surface area (Å²) in [4.78, 5) is 0. The highest BCUT2D eigenvalue weighted by Gasteiger charge is 2.13. The van der Waals surface area contributed by atoms with Crippen LogP contribution in [0.5, 0.6) is 0 Å². The number of hydrogen-bond acceptors (Lipinski definition) is 2. The van der Waals surface area contributed by atoms with E-state index in [4.69, 9.17) is 5.73 Å². The van der Waals surface area contributed by atoms with Crippen molar-refractivity contribution in [2.24, 2.45) is 5.73 Å². The number of nitrogens with zero attached hydrogens (tertiary/aromatic N) is 2. The second-order valence-electron chi connectivity index (χ2n) is 4.37. The highest BCUT2D eigenvalue weighted by molar-refractivity contribution is 5.25. The van der Waals surface area contributed by atoms with Gasteiger partial charge in [-0.05, 0) is 46.6 Å². The third-order valence-corrected chi connectivity index (χ3v) is 2.49. The Morgan fingerprint density at radius 3 is 2.21 bits per heavy atom. The van der Waals surface area contributed by atoms with Gasteiger partial charge < -0.3 is 5.73 Å². The molecule has 0 aliphatic rings. The highest BCUT2D eigenvalue weighted by atomic mass is 15.3. The Kier molecular flexibility index (Phi) is 3.32. The molecule has 14 heavy (non-hydrogen) atoms. The molecule has 3 heteroatoms. The Morgan fingerprint density at radius 2 is 1.86 bits per heavy atom. The minimum Gasteiger partial charge on any atom is -0.328 e. The quantitative estimate of drug-likeness (QED) is 0.801. The van der Waals surface area contributed by atoms with Crippen LogP contribution in [0.4, 0.5) is 0 Å². The van der Waals surface area contributed by atoms with Crippen LogP contribution in [0.2, 0.25) is 0 Å². The summed E-state index contributed by atoms with van der Waals surface area (Å²) >= 11 is 0. The van der Waals surface area contributed by atoms with Gasteiger partial charge >= 0.3 is 0 Å². The second kappa shape index (κ2) is 4.13. The molecule has 1 aromatic heterocycles. The zero-order chi connectivity index (χ0) is 10.9. The van der Waals surface area contributed by atoms with Crippen LogP contribution in [0.3, 0.4) is 0 Å². The summed E-state index contributed by atoms with van der Waals surface area (Å²) in [6, 6.07) is 0.632. The van der Waals surface area contributed by atoms with Crippen molar-refractivity contribution in [2.45, 2.75) is 53.1 Å². The van der Waals surface area contributed by atoms with Crippen molar-refractivity contribution in [3.8, 4) is 0 Å². The third kappa shape index (κ3) is 2.15. The lowest BCUT2D eigenvalue weighted by Crippen LogP contribution is -2.18. The van der Waals surface area contributed by atoms with Gasteiger partial charge in [0.15, 0.2) is 0 Å². The van der Waals surface area contributed by atoms with Gasteiger partial charge in [-0.1, -0.05) is 0 Å². The van der Waals surface area contributed by atoms with E-state index in [0.717, 1.165) is 12.1 Å². The SMILES string of the molecule is Cc1nn(C(C)C)c(C)c1CC(C)N. The molecule has 1 rings (SSSR count). The molecule has 1 atom stereocenters. The monoisotopic (exact) mass is 195 g/mol. The maximum absolute atomic E-state index is 5.81. The Balaban J connectivity index is 3.05. The average Bonchev–Trinajstić information content (AvgIpc) is 2.31. The molecular weight excluding hydrogens is 174 g/mol. The van der Waals surface area contributed by atoms with E-state index in [1.807, 2.05) is 6.92 Å². The number of hydrogen-bond donors (Lipinski definition) is 1. The van der Waals surface area contributed by atoms with Gasteiger partial charge in [-0.3, -0.25) is 4.68 Å². The Labute approximate surface area is 86.3 Å². The van der Waals surface area contributed by atoms with Crippen LogP contribution in [0.15, 0.2) is 0 Å². The molecule has 80 valence electrons. The third-order valence-electron chi connectivity index (χ3n) is 2.49. The predicted octanol–water partition coefficient (Wildman–Crippen LogP) is 1.97. The first-order valence-electron chi connectivity index (χ1n) is 5.23. The zero-order valence-corrected chi connectivity index (χ0v) is 9.83. The molecule has 0 aliphatic carbocycles. The predicted molar refractivity (Wildman–Crippen MR) is 59.4 cm³/mol. The Hall–Kier alpha value is -0.830. The van der Waals surface area contributed by atoms with Crippen molar-refractivity contribution in [1.82, 2.24) is 9.78 Å². The highest BCUT2D eigenvalue weighted by Crippen LogP contribution is 2.18. The minimum absolute atomic E-state index is 0.206. The van der Waals surface area contributed by atoms with E-state index in [0.29, 0.717) is 6.04 Å². The van der Waals surface area contributed by atoms with Crippen LogP contribution in [0, 0.1) is 13.8 Å². The summed E-state index contributed by atoms with van der Waals surface area (Å²) in [6.45, 7) is 10.5. The molecule has 1 aromatic rings. The Morgan fingerprint density at radius 1 is 1.29 bits per heavy atom. The molecule has 0 aromatic carbocycles. The lowest BCUT2D eigenvalue weighted by atomic mass is 10.1. The van der Waals surface area contributed by atoms with E-state index in [1.165, 1.54) is 11.3 Å². The van der Waals surface area contributed by atoms with Crippen molar-refractivity contribution in [2.75, 3.05) is 0 Å². The molecular formula is C11H21N3. The van der Waals surface area contributed by atoms with Gasteiger partial charge in [-0.2, -0.15) is 5.10 Å². The lowest BCUT2D eigenvalue weighted by molar-refractivity contribution is 0.515. The zero-order valence-electron chi connectivity index (χ0n) is 9.83. The van der Waals surface area contributed by atoms with Crippen LogP contribution in [0.25, 0.3) is 0 Å². The average molecular weight is 195 g/mol. The number of nitrogens with two attached hydrogens (primary N) is 1. The van der Waals surface area contributed by atoms with E-state index in [1.54, 1.807) is 0 Å². The van der Waals surface area contributed by atoms with Crippen LogP contribution >= 0.6 is 0 Å². The molecule has 0 bridgehead atoms. The summed E-state index contributed by atoms with van der Waals surface area (Å²) in [5.41, 5.74) is 9.50. The standard InChI is InChI=1S/C11H21N3/c1-7(2)14-10(5)11(6-8(3)12)9(4)13-14/h7-8H,6,12H2,1-5H3. The molecule has 0 saturated heterocycles. The summed E-state index contributed by atoms with van der Waals surface area (Å²) < 4.78 is 2.08. The molecule has 0 fully saturated rings. The van der Waals surface area contributed by atoms with Gasteiger partial charge in [0.25, 0.3) is 0 Å². The first-order valence-corrected chi connectivity index (χ1v) is 5.23. The molecule has 1 unspecified atom stereocenters. The maximum atomic E-state index is 5.81. The minimum atomic E-state index is 0.206.